The molecule has 1 aromatic rings. The number of aliphatic hydroxyl groups excluding tert-OH is 1. The standard InChI is InChI=1S/C13H17N3O5/c17-7-9-3-1-2-8(9)6-14-12-11(16(20)21)5-4-10(15-12)13(18)19/h4-5,8-9,17H,1-3,6-7H2,(H,14,15)(H,18,19). The van der Waals surface area contributed by atoms with E-state index < -0.39 is 10.9 Å². The molecule has 114 valence electrons. The van der Waals surface area contributed by atoms with Gasteiger partial charge >= 0.3 is 11.7 Å². The molecule has 0 bridgehead atoms. The molecule has 1 heterocycles. The summed E-state index contributed by atoms with van der Waals surface area (Å²) in [6.45, 7) is 0.527. The number of nitrogens with one attached hydrogen (secondary N) is 1. The second-order valence-corrected chi connectivity index (χ2v) is 5.14. The first-order valence-corrected chi connectivity index (χ1v) is 6.76. The van der Waals surface area contributed by atoms with Crippen LogP contribution in [0.3, 0.4) is 0 Å². The van der Waals surface area contributed by atoms with Gasteiger partial charge in [-0.25, -0.2) is 9.78 Å². The molecule has 0 amide bonds. The minimum absolute atomic E-state index is 0.0384. The van der Waals surface area contributed by atoms with Crippen LogP contribution in [0.1, 0.15) is 29.8 Å². The summed E-state index contributed by atoms with van der Waals surface area (Å²) in [5, 5.41) is 32.0. The highest BCUT2D eigenvalue weighted by atomic mass is 16.6. The van der Waals surface area contributed by atoms with E-state index in [1.54, 1.807) is 0 Å². The fourth-order valence-corrected chi connectivity index (χ4v) is 2.70. The Morgan fingerprint density at radius 3 is 2.76 bits per heavy atom. The van der Waals surface area contributed by atoms with Crippen LogP contribution in [-0.4, -0.2) is 39.2 Å². The van der Waals surface area contributed by atoms with Crippen molar-refractivity contribution in [2.45, 2.75) is 19.3 Å². The first kappa shape index (κ1) is 15.2. The number of aliphatic hydroxyl groups is 1. The van der Waals surface area contributed by atoms with Crippen molar-refractivity contribution in [3.63, 3.8) is 0 Å². The van der Waals surface area contributed by atoms with Gasteiger partial charge in [0.25, 0.3) is 0 Å². The minimum Gasteiger partial charge on any atom is -0.477 e. The lowest BCUT2D eigenvalue weighted by molar-refractivity contribution is -0.384. The lowest BCUT2D eigenvalue weighted by Gasteiger charge is -2.18. The lowest BCUT2D eigenvalue weighted by Crippen LogP contribution is -2.22. The molecule has 21 heavy (non-hydrogen) atoms. The second kappa shape index (κ2) is 6.49. The summed E-state index contributed by atoms with van der Waals surface area (Å²) in [7, 11) is 0. The summed E-state index contributed by atoms with van der Waals surface area (Å²) in [6, 6.07) is 2.24. The smallest absolute Gasteiger partial charge is 0.354 e. The Bertz CT molecular complexity index is 549. The van der Waals surface area contributed by atoms with Crippen molar-refractivity contribution < 1.29 is 19.9 Å². The van der Waals surface area contributed by atoms with Gasteiger partial charge in [0.05, 0.1) is 4.92 Å². The maximum atomic E-state index is 11.0. The number of aromatic carboxylic acids is 1. The third-order valence-electron chi connectivity index (χ3n) is 3.87. The molecule has 1 fully saturated rings. The zero-order valence-electron chi connectivity index (χ0n) is 11.4. The van der Waals surface area contributed by atoms with E-state index in [4.69, 9.17) is 5.11 Å². The summed E-state index contributed by atoms with van der Waals surface area (Å²) in [5.41, 5.74) is -0.494. The largest absolute Gasteiger partial charge is 0.477 e. The molecule has 2 atom stereocenters. The Kier molecular flexibility index (Phi) is 4.69. The molecule has 1 saturated carbocycles. The van der Waals surface area contributed by atoms with Gasteiger partial charge in [0, 0.05) is 19.2 Å². The molecule has 1 aliphatic rings. The van der Waals surface area contributed by atoms with Gasteiger partial charge in [-0.1, -0.05) is 6.42 Å². The van der Waals surface area contributed by atoms with E-state index in [-0.39, 0.29) is 35.6 Å². The summed E-state index contributed by atoms with van der Waals surface area (Å²) >= 11 is 0. The zero-order valence-corrected chi connectivity index (χ0v) is 11.4. The topological polar surface area (TPSA) is 126 Å². The van der Waals surface area contributed by atoms with Crippen LogP contribution in [-0.2, 0) is 0 Å². The monoisotopic (exact) mass is 295 g/mol. The lowest BCUT2D eigenvalue weighted by atomic mass is 9.97. The first-order valence-electron chi connectivity index (χ1n) is 6.76. The number of pyridine rings is 1. The van der Waals surface area contributed by atoms with Crippen LogP contribution in [0.2, 0.25) is 0 Å². The number of hydrogen-bond donors (Lipinski definition) is 3. The van der Waals surface area contributed by atoms with Crippen molar-refractivity contribution in [1.29, 1.82) is 0 Å². The molecular weight excluding hydrogens is 278 g/mol. The van der Waals surface area contributed by atoms with E-state index in [9.17, 15) is 20.0 Å². The van der Waals surface area contributed by atoms with Crippen molar-refractivity contribution in [1.82, 2.24) is 4.98 Å². The number of hydrogen-bond acceptors (Lipinski definition) is 6. The van der Waals surface area contributed by atoms with Gasteiger partial charge in [-0.15, -0.1) is 0 Å². The molecule has 3 N–H and O–H groups in total. The number of anilines is 1. The Labute approximate surface area is 121 Å². The van der Waals surface area contributed by atoms with Gasteiger partial charge in [0.1, 0.15) is 0 Å². The van der Waals surface area contributed by atoms with Crippen LogP contribution < -0.4 is 5.32 Å². The van der Waals surface area contributed by atoms with Crippen molar-refractivity contribution in [2.24, 2.45) is 11.8 Å². The predicted octanol–water partition coefficient (Wildman–Crippen LogP) is 1.51. The predicted molar refractivity (Wildman–Crippen MR) is 74.3 cm³/mol. The summed E-state index contributed by atoms with van der Waals surface area (Å²) in [4.78, 5) is 25.1. The van der Waals surface area contributed by atoms with E-state index in [1.165, 1.54) is 0 Å². The van der Waals surface area contributed by atoms with E-state index in [0.717, 1.165) is 31.4 Å². The van der Waals surface area contributed by atoms with Crippen LogP contribution >= 0.6 is 0 Å². The summed E-state index contributed by atoms with van der Waals surface area (Å²) in [5.74, 6) is -0.880. The highest BCUT2D eigenvalue weighted by molar-refractivity contribution is 5.86. The average molecular weight is 295 g/mol. The summed E-state index contributed by atoms with van der Waals surface area (Å²) < 4.78 is 0. The molecule has 0 radical (unpaired) electrons. The zero-order chi connectivity index (χ0) is 15.4. The molecule has 0 spiro atoms. The molecule has 8 nitrogen and oxygen atoms in total. The third-order valence-corrected chi connectivity index (χ3v) is 3.87. The van der Waals surface area contributed by atoms with Crippen molar-refractivity contribution in [3.05, 3.63) is 27.9 Å². The maximum Gasteiger partial charge on any atom is 0.354 e. The molecule has 8 heteroatoms. The number of nitro groups is 1. The molecule has 2 unspecified atom stereocenters. The fourth-order valence-electron chi connectivity index (χ4n) is 2.70. The second-order valence-electron chi connectivity index (χ2n) is 5.14. The molecular formula is C13H17N3O5. The Morgan fingerprint density at radius 1 is 1.43 bits per heavy atom. The van der Waals surface area contributed by atoms with Crippen molar-refractivity contribution in [3.8, 4) is 0 Å². The molecule has 0 aliphatic heterocycles. The van der Waals surface area contributed by atoms with E-state index in [1.807, 2.05) is 0 Å². The van der Waals surface area contributed by atoms with Gasteiger partial charge < -0.3 is 15.5 Å². The van der Waals surface area contributed by atoms with Gasteiger partial charge in [-0.05, 0) is 30.7 Å². The van der Waals surface area contributed by atoms with Crippen molar-refractivity contribution >= 4 is 17.5 Å². The average Bonchev–Trinajstić information content (AvgIpc) is 2.91. The van der Waals surface area contributed by atoms with Gasteiger partial charge in [0.2, 0.25) is 5.82 Å². The van der Waals surface area contributed by atoms with Crippen LogP contribution in [0, 0.1) is 22.0 Å². The normalized spacial score (nSPS) is 21.2. The number of nitrogens with zero attached hydrogens (tertiary/aromatic N) is 2. The van der Waals surface area contributed by atoms with Crippen LogP contribution in [0.15, 0.2) is 12.1 Å². The van der Waals surface area contributed by atoms with Crippen LogP contribution in [0.25, 0.3) is 0 Å². The Balaban J connectivity index is 2.15. The van der Waals surface area contributed by atoms with Crippen LogP contribution in [0.4, 0.5) is 11.5 Å². The van der Waals surface area contributed by atoms with E-state index >= 15 is 0 Å². The molecule has 2 rings (SSSR count). The molecule has 1 aliphatic carbocycles. The first-order chi connectivity index (χ1) is 10.0. The fraction of sp³-hybridized carbons (Fsp3) is 0.538. The van der Waals surface area contributed by atoms with Gasteiger partial charge in [0.15, 0.2) is 5.69 Å². The van der Waals surface area contributed by atoms with Crippen molar-refractivity contribution in [2.75, 3.05) is 18.5 Å². The van der Waals surface area contributed by atoms with Gasteiger partial charge in [-0.2, -0.15) is 0 Å². The van der Waals surface area contributed by atoms with E-state index in [0.29, 0.717) is 6.54 Å². The highest BCUT2D eigenvalue weighted by Crippen LogP contribution is 2.32. The number of rotatable bonds is 6. The SMILES string of the molecule is O=C(O)c1ccc([N+](=O)[O-])c(NCC2CCCC2CO)n1. The number of carbonyl (C=O) groups is 1. The number of aromatic nitrogens is 1. The Morgan fingerprint density at radius 2 is 2.14 bits per heavy atom. The van der Waals surface area contributed by atoms with Crippen LogP contribution in [0.5, 0.6) is 0 Å². The molecule has 1 aromatic heterocycles. The Hall–Kier alpha value is -2.22. The third kappa shape index (κ3) is 3.46. The minimum atomic E-state index is -1.23. The summed E-state index contributed by atoms with van der Waals surface area (Å²) in [6.07, 6.45) is 2.89. The molecule has 0 aromatic carbocycles. The quantitative estimate of drug-likeness (QED) is 0.536. The van der Waals surface area contributed by atoms with Gasteiger partial charge in [-0.3, -0.25) is 10.1 Å². The molecule has 0 saturated heterocycles. The van der Waals surface area contributed by atoms with E-state index in [2.05, 4.69) is 10.3 Å². The number of carboxylic acid groups (broad SMARTS) is 1. The highest BCUT2D eigenvalue weighted by Gasteiger charge is 2.27. The number of carboxylic acids is 1. The maximum absolute atomic E-state index is 11.0.